The number of aromatic amines is 1. The van der Waals surface area contributed by atoms with Gasteiger partial charge in [0, 0.05) is 6.07 Å². The minimum absolute atomic E-state index is 0.247. The summed E-state index contributed by atoms with van der Waals surface area (Å²) in [7, 11) is 0. The van der Waals surface area contributed by atoms with Gasteiger partial charge in [0.15, 0.2) is 5.69 Å². The second-order valence-corrected chi connectivity index (χ2v) is 2.66. The molecule has 1 fully saturated rings. The number of aromatic nitrogens is 2. The second kappa shape index (κ2) is 4.39. The van der Waals surface area contributed by atoms with E-state index in [0.717, 1.165) is 12.4 Å². The number of rotatable bonds is 1. The molecule has 70 valence electrons. The maximum Gasteiger partial charge on any atom is 0.354 e. The maximum atomic E-state index is 10.4. The Morgan fingerprint density at radius 2 is 2.08 bits per heavy atom. The van der Waals surface area contributed by atoms with E-state index in [9.17, 15) is 9.59 Å². The molecule has 13 heavy (non-hydrogen) atoms. The van der Waals surface area contributed by atoms with Crippen molar-refractivity contribution >= 4 is 5.97 Å². The molecule has 1 aliphatic carbocycles. The Balaban J connectivity index is 0.000000236. The van der Waals surface area contributed by atoms with Crippen molar-refractivity contribution in [2.45, 2.75) is 19.3 Å². The lowest BCUT2D eigenvalue weighted by molar-refractivity contribution is 0.0690. The predicted molar refractivity (Wildman–Crippen MR) is 45.7 cm³/mol. The summed E-state index contributed by atoms with van der Waals surface area (Å²) in [5, 5.41) is 8.29. The van der Waals surface area contributed by atoms with Gasteiger partial charge in [-0.15, -0.1) is 0 Å². The van der Waals surface area contributed by atoms with E-state index in [0.29, 0.717) is 0 Å². The van der Waals surface area contributed by atoms with E-state index in [1.165, 1.54) is 19.3 Å². The van der Waals surface area contributed by atoms with Crippen LogP contribution in [-0.2, 0) is 0 Å². The van der Waals surface area contributed by atoms with E-state index in [1.54, 1.807) is 0 Å². The first-order valence-corrected chi connectivity index (χ1v) is 3.98. The molecule has 1 saturated carbocycles. The Kier molecular flexibility index (Phi) is 3.19. The van der Waals surface area contributed by atoms with E-state index < -0.39 is 11.5 Å². The van der Waals surface area contributed by atoms with Crippen LogP contribution in [0.2, 0.25) is 0 Å². The summed E-state index contributed by atoms with van der Waals surface area (Å²) in [6.45, 7) is 0. The van der Waals surface area contributed by atoms with Crippen LogP contribution in [0.15, 0.2) is 17.2 Å². The molecule has 0 radical (unpaired) electrons. The number of hydrogen-bond donors (Lipinski definition) is 2. The zero-order valence-corrected chi connectivity index (χ0v) is 6.99. The zero-order valence-electron chi connectivity index (χ0n) is 6.99. The van der Waals surface area contributed by atoms with Crippen molar-refractivity contribution in [1.82, 2.24) is 9.97 Å². The number of H-pyrrole nitrogens is 1. The topological polar surface area (TPSA) is 83.0 Å². The lowest BCUT2D eigenvalue weighted by Crippen LogP contribution is -2.10. The van der Waals surface area contributed by atoms with Crippen molar-refractivity contribution in [2.24, 2.45) is 0 Å². The van der Waals surface area contributed by atoms with Gasteiger partial charge in [-0.25, -0.2) is 9.78 Å². The van der Waals surface area contributed by atoms with Crippen LogP contribution in [0.3, 0.4) is 0 Å². The molecule has 0 spiro atoms. The van der Waals surface area contributed by atoms with E-state index in [2.05, 4.69) is 9.97 Å². The molecule has 0 aromatic carbocycles. The molecule has 0 amide bonds. The molecule has 5 nitrogen and oxygen atoms in total. The van der Waals surface area contributed by atoms with Gasteiger partial charge >= 0.3 is 5.97 Å². The van der Waals surface area contributed by atoms with Crippen LogP contribution < -0.4 is 5.56 Å². The third kappa shape index (κ3) is 4.05. The number of carboxylic acid groups (broad SMARTS) is 1. The minimum atomic E-state index is -1.20. The maximum absolute atomic E-state index is 10.4. The van der Waals surface area contributed by atoms with Crippen molar-refractivity contribution in [3.63, 3.8) is 0 Å². The van der Waals surface area contributed by atoms with Crippen molar-refractivity contribution in [2.75, 3.05) is 0 Å². The zero-order chi connectivity index (χ0) is 9.68. The fraction of sp³-hybridized carbons (Fsp3) is 0.375. The first kappa shape index (κ1) is 9.44. The number of carbonyl (C=O) groups is 1. The molecule has 1 aliphatic rings. The fourth-order valence-corrected chi connectivity index (χ4v) is 0.486. The molecule has 2 rings (SSSR count). The minimum Gasteiger partial charge on any atom is -0.477 e. The highest BCUT2D eigenvalue weighted by molar-refractivity contribution is 5.84. The van der Waals surface area contributed by atoms with Gasteiger partial charge in [-0.1, -0.05) is 19.3 Å². The highest BCUT2D eigenvalue weighted by atomic mass is 16.4. The lowest BCUT2D eigenvalue weighted by atomic mass is 10.4. The Hall–Kier alpha value is -1.65. The lowest BCUT2D eigenvalue weighted by Gasteiger charge is -1.87. The van der Waals surface area contributed by atoms with Crippen LogP contribution in [0.5, 0.6) is 0 Å². The summed E-state index contributed by atoms with van der Waals surface area (Å²) in [5.74, 6) is -1.20. The van der Waals surface area contributed by atoms with Crippen molar-refractivity contribution in [3.05, 3.63) is 28.4 Å². The van der Waals surface area contributed by atoms with Gasteiger partial charge in [0.2, 0.25) is 0 Å². The predicted octanol–water partition coefficient (Wildman–Crippen LogP) is 0.638. The van der Waals surface area contributed by atoms with E-state index >= 15 is 0 Å². The fourth-order valence-electron chi connectivity index (χ4n) is 0.486. The van der Waals surface area contributed by atoms with Crippen LogP contribution in [0.1, 0.15) is 29.8 Å². The monoisotopic (exact) mass is 182 g/mol. The smallest absolute Gasteiger partial charge is 0.354 e. The van der Waals surface area contributed by atoms with Crippen molar-refractivity contribution < 1.29 is 9.90 Å². The summed E-state index contributed by atoms with van der Waals surface area (Å²) in [4.78, 5) is 26.2. The molecule has 0 bridgehead atoms. The normalized spacial score (nSPS) is 12.6. The molecule has 0 unspecified atom stereocenters. The van der Waals surface area contributed by atoms with Crippen LogP contribution in [0.4, 0.5) is 0 Å². The van der Waals surface area contributed by atoms with Crippen LogP contribution in [0.25, 0.3) is 0 Å². The Labute approximate surface area is 74.4 Å². The molecule has 1 aromatic heterocycles. The van der Waals surface area contributed by atoms with Gasteiger partial charge in [-0.2, -0.15) is 0 Å². The van der Waals surface area contributed by atoms with Crippen molar-refractivity contribution in [1.29, 1.82) is 0 Å². The summed E-state index contributed by atoms with van der Waals surface area (Å²) < 4.78 is 0. The largest absolute Gasteiger partial charge is 0.477 e. The van der Waals surface area contributed by atoms with Gasteiger partial charge in [0.1, 0.15) is 0 Å². The Morgan fingerprint density at radius 1 is 1.46 bits per heavy atom. The van der Waals surface area contributed by atoms with Gasteiger partial charge in [0.25, 0.3) is 5.56 Å². The highest BCUT2D eigenvalue weighted by Crippen LogP contribution is 2.14. The molecule has 0 aliphatic heterocycles. The molecular formula is C8H10N2O3. The molecule has 0 atom stereocenters. The number of carboxylic acids is 1. The SMILES string of the molecule is C1CC1.O=C(O)c1cc(=O)[nH]cn1. The molecule has 5 heteroatoms. The summed E-state index contributed by atoms with van der Waals surface area (Å²) in [5.41, 5.74) is -0.712. The Morgan fingerprint density at radius 3 is 2.38 bits per heavy atom. The van der Waals surface area contributed by atoms with Crippen LogP contribution in [0, 0.1) is 0 Å². The number of nitrogens with one attached hydrogen (secondary N) is 1. The van der Waals surface area contributed by atoms with Gasteiger partial charge in [-0.05, 0) is 0 Å². The molecule has 1 heterocycles. The summed E-state index contributed by atoms with van der Waals surface area (Å²) in [6, 6.07) is 0.919. The Bertz CT molecular complexity index is 340. The van der Waals surface area contributed by atoms with Gasteiger partial charge in [0.05, 0.1) is 6.33 Å². The van der Waals surface area contributed by atoms with E-state index in [4.69, 9.17) is 5.11 Å². The molecule has 2 N–H and O–H groups in total. The van der Waals surface area contributed by atoms with Crippen LogP contribution >= 0.6 is 0 Å². The number of nitrogens with zero attached hydrogens (tertiary/aromatic N) is 1. The standard InChI is InChI=1S/C5H4N2O3.C3H6/c8-4-1-3(5(9)10)6-2-7-4;1-2-3-1/h1-2H,(H,9,10)(H,6,7,8);1-3H2. The number of hydrogen-bond acceptors (Lipinski definition) is 3. The van der Waals surface area contributed by atoms with Gasteiger partial charge in [-0.3, -0.25) is 4.79 Å². The van der Waals surface area contributed by atoms with Crippen molar-refractivity contribution in [3.8, 4) is 0 Å². The summed E-state index contributed by atoms with van der Waals surface area (Å²) in [6.07, 6.45) is 5.55. The average molecular weight is 182 g/mol. The van der Waals surface area contributed by atoms with E-state index in [-0.39, 0.29) is 5.69 Å². The third-order valence-electron chi connectivity index (χ3n) is 1.25. The molecule has 0 saturated heterocycles. The molecular weight excluding hydrogens is 172 g/mol. The van der Waals surface area contributed by atoms with Crippen LogP contribution in [-0.4, -0.2) is 21.0 Å². The number of aromatic carboxylic acids is 1. The average Bonchev–Trinajstić information content (AvgIpc) is 2.89. The first-order chi connectivity index (χ1) is 6.20. The first-order valence-electron chi connectivity index (χ1n) is 3.98. The van der Waals surface area contributed by atoms with E-state index in [1.807, 2.05) is 0 Å². The third-order valence-corrected chi connectivity index (χ3v) is 1.25. The molecule has 1 aromatic rings. The highest BCUT2D eigenvalue weighted by Gasteiger charge is 2.02. The summed E-state index contributed by atoms with van der Waals surface area (Å²) >= 11 is 0. The quantitative estimate of drug-likeness (QED) is 0.667. The second-order valence-electron chi connectivity index (χ2n) is 2.66. The van der Waals surface area contributed by atoms with Gasteiger partial charge < -0.3 is 10.1 Å².